The van der Waals surface area contributed by atoms with E-state index in [0.717, 1.165) is 35.8 Å². The Hall–Kier alpha value is -3.92. The van der Waals surface area contributed by atoms with Crippen LogP contribution in [0, 0.1) is 23.6 Å². The van der Waals surface area contributed by atoms with Gasteiger partial charge in [0.2, 0.25) is 0 Å². The van der Waals surface area contributed by atoms with Crippen molar-refractivity contribution < 1.29 is 14.3 Å². The van der Waals surface area contributed by atoms with Gasteiger partial charge in [0.25, 0.3) is 0 Å². The van der Waals surface area contributed by atoms with Gasteiger partial charge in [-0.3, -0.25) is 9.78 Å². The van der Waals surface area contributed by atoms with Crippen molar-refractivity contribution in [3.05, 3.63) is 54.7 Å². The van der Waals surface area contributed by atoms with Crippen molar-refractivity contribution in [1.82, 2.24) is 24.9 Å². The highest BCUT2D eigenvalue weighted by Crippen LogP contribution is 2.47. The van der Waals surface area contributed by atoms with Gasteiger partial charge in [-0.15, -0.1) is 11.3 Å². The van der Waals surface area contributed by atoms with Crippen LogP contribution in [0.2, 0.25) is 0 Å². The molecule has 37 heavy (non-hydrogen) atoms. The third-order valence-electron chi connectivity index (χ3n) is 7.87. The van der Waals surface area contributed by atoms with Crippen LogP contribution in [-0.2, 0) is 4.79 Å². The molecule has 3 fully saturated rings. The summed E-state index contributed by atoms with van der Waals surface area (Å²) < 4.78 is 17.2. The maximum absolute atomic E-state index is 16.2. The first-order valence-corrected chi connectivity index (χ1v) is 13.2. The van der Waals surface area contributed by atoms with E-state index in [-0.39, 0.29) is 29.4 Å². The lowest BCUT2D eigenvalue weighted by Crippen LogP contribution is -2.51. The molecule has 4 aromatic heterocycles. The van der Waals surface area contributed by atoms with Crippen molar-refractivity contribution in [2.45, 2.75) is 31.7 Å². The maximum atomic E-state index is 16.2. The van der Waals surface area contributed by atoms with Crippen molar-refractivity contribution in [3.63, 3.8) is 0 Å². The Balaban J connectivity index is 1.39. The van der Waals surface area contributed by atoms with Gasteiger partial charge in [-0.05, 0) is 55.0 Å². The van der Waals surface area contributed by atoms with Crippen molar-refractivity contribution in [2.75, 3.05) is 5.32 Å². The predicted octanol–water partition coefficient (Wildman–Crippen LogP) is 5.74. The molecule has 3 aliphatic carbocycles. The van der Waals surface area contributed by atoms with Crippen LogP contribution in [0.4, 0.5) is 10.2 Å². The second-order valence-corrected chi connectivity index (χ2v) is 11.0. The number of H-pyrrole nitrogens is 1. The molecule has 0 spiro atoms. The summed E-state index contributed by atoms with van der Waals surface area (Å²) in [6, 6.07) is 9.42. The second-order valence-electron chi connectivity index (χ2n) is 9.87. The first kappa shape index (κ1) is 22.3. The number of carboxylic acids is 1. The quantitative estimate of drug-likeness (QED) is 0.274. The first-order valence-electron chi connectivity index (χ1n) is 12.4. The molecule has 0 aliphatic heterocycles. The van der Waals surface area contributed by atoms with Gasteiger partial charge in [0.1, 0.15) is 11.2 Å². The second kappa shape index (κ2) is 8.58. The summed E-state index contributed by atoms with van der Waals surface area (Å²) in [6.07, 6.45) is 8.58. The highest BCUT2D eigenvalue weighted by atomic mass is 32.1. The van der Waals surface area contributed by atoms with E-state index in [2.05, 4.69) is 30.2 Å². The molecule has 5 aromatic rings. The lowest BCUT2D eigenvalue weighted by Gasteiger charge is -2.47. The number of aromatic amines is 1. The van der Waals surface area contributed by atoms with Gasteiger partial charge in [-0.2, -0.15) is 0 Å². The zero-order valence-electron chi connectivity index (χ0n) is 19.7. The molecular formula is C27H23FN6O2S. The van der Waals surface area contributed by atoms with Crippen molar-refractivity contribution in [3.8, 4) is 22.0 Å². The molecule has 3 N–H and O–H groups in total. The van der Waals surface area contributed by atoms with Crippen LogP contribution in [0.25, 0.3) is 43.2 Å². The van der Waals surface area contributed by atoms with Crippen LogP contribution in [0.3, 0.4) is 0 Å². The number of nitrogens with zero attached hydrogens (tertiary/aromatic N) is 4. The fraction of sp³-hybridized carbons (Fsp3) is 0.296. The van der Waals surface area contributed by atoms with Gasteiger partial charge in [0.05, 0.1) is 16.4 Å². The van der Waals surface area contributed by atoms with Crippen LogP contribution in [0.5, 0.6) is 0 Å². The number of rotatable bonds is 5. The number of carboxylic acid groups (broad SMARTS) is 1. The van der Waals surface area contributed by atoms with E-state index in [0.29, 0.717) is 27.4 Å². The largest absolute Gasteiger partial charge is 0.481 e. The molecule has 1 aromatic carbocycles. The molecule has 10 heteroatoms. The Bertz CT molecular complexity index is 1620. The van der Waals surface area contributed by atoms with Crippen LogP contribution in [0.15, 0.2) is 48.9 Å². The highest BCUT2D eigenvalue weighted by Gasteiger charge is 2.47. The number of carbonyl (C=O) groups is 1. The summed E-state index contributed by atoms with van der Waals surface area (Å²) >= 11 is 1.46. The average Bonchev–Trinajstić information content (AvgIpc) is 3.55. The van der Waals surface area contributed by atoms with Crippen LogP contribution in [-0.4, -0.2) is 42.0 Å². The Labute approximate surface area is 215 Å². The van der Waals surface area contributed by atoms with E-state index in [1.54, 1.807) is 18.6 Å². The molecule has 4 heterocycles. The van der Waals surface area contributed by atoms with E-state index >= 15 is 4.39 Å². The van der Waals surface area contributed by atoms with Gasteiger partial charge < -0.3 is 15.4 Å². The minimum absolute atomic E-state index is 0.0273. The Kier molecular flexibility index (Phi) is 5.17. The number of nitrogens with one attached hydrogen (secondary N) is 2. The third kappa shape index (κ3) is 3.66. The monoisotopic (exact) mass is 514 g/mol. The Morgan fingerprint density at radius 1 is 1.08 bits per heavy atom. The van der Waals surface area contributed by atoms with E-state index in [9.17, 15) is 9.90 Å². The summed E-state index contributed by atoms with van der Waals surface area (Å²) in [5.41, 5.74) is 1.95. The van der Waals surface area contributed by atoms with E-state index in [1.807, 2.05) is 30.3 Å². The minimum atomic E-state index is -0.835. The normalized spacial score (nSPS) is 23.1. The zero-order valence-corrected chi connectivity index (χ0v) is 20.5. The number of fused-ring (bicyclic) bond motifs is 5. The van der Waals surface area contributed by atoms with E-state index in [4.69, 9.17) is 0 Å². The average molecular weight is 515 g/mol. The SMILES string of the molecule is O=C(O)C1C2CCC(CC2)C1Nc1nc(-c2c[nH]c3nccnc23)nc(-c2cc3ccccc3s2)c1F. The zero-order chi connectivity index (χ0) is 25.1. The van der Waals surface area contributed by atoms with Crippen molar-refractivity contribution >= 4 is 44.4 Å². The Morgan fingerprint density at radius 3 is 2.68 bits per heavy atom. The van der Waals surface area contributed by atoms with Crippen LogP contribution >= 0.6 is 11.3 Å². The van der Waals surface area contributed by atoms with Gasteiger partial charge in [0, 0.05) is 29.3 Å². The molecule has 8 rings (SSSR count). The lowest BCUT2D eigenvalue weighted by molar-refractivity contribution is -0.148. The molecule has 2 atom stereocenters. The molecule has 2 unspecified atom stereocenters. The number of aliphatic carboxylic acids is 1. The number of thiophene rings is 1. The van der Waals surface area contributed by atoms with Gasteiger partial charge >= 0.3 is 5.97 Å². The molecule has 0 saturated heterocycles. The topological polar surface area (TPSA) is 117 Å². The summed E-state index contributed by atoms with van der Waals surface area (Å²) in [5, 5.41) is 14.3. The van der Waals surface area contributed by atoms with E-state index < -0.39 is 17.7 Å². The van der Waals surface area contributed by atoms with Gasteiger partial charge in [-0.1, -0.05) is 18.2 Å². The van der Waals surface area contributed by atoms with Gasteiger partial charge in [-0.25, -0.2) is 19.3 Å². The number of hydrogen-bond acceptors (Lipinski definition) is 7. The molecule has 3 aliphatic rings. The predicted molar refractivity (Wildman–Crippen MR) is 140 cm³/mol. The summed E-state index contributed by atoms with van der Waals surface area (Å²) in [7, 11) is 0. The maximum Gasteiger partial charge on any atom is 0.308 e. The molecule has 2 bridgehead atoms. The molecule has 186 valence electrons. The van der Waals surface area contributed by atoms with Crippen LogP contribution < -0.4 is 5.32 Å². The minimum Gasteiger partial charge on any atom is -0.481 e. The van der Waals surface area contributed by atoms with Crippen molar-refractivity contribution in [1.29, 1.82) is 0 Å². The third-order valence-corrected chi connectivity index (χ3v) is 8.99. The standard InChI is InChI=1S/C27H23FN6O2S/c28-20-23(18-11-15-3-1-2-4-17(15)37-18)33-24(16-12-31-26-22(16)29-9-10-30-26)34-25(20)32-21-14-7-5-13(6-8-14)19(21)27(35)36/h1-4,9-14,19,21H,5-8H2,(H,30,31)(H,35,36)(H,32,33,34). The molecule has 3 saturated carbocycles. The summed E-state index contributed by atoms with van der Waals surface area (Å²) in [4.78, 5) is 34.0. The molecule has 8 nitrogen and oxygen atoms in total. The molecule has 0 amide bonds. The molecule has 0 radical (unpaired) electrons. The summed E-state index contributed by atoms with van der Waals surface area (Å²) in [5.74, 6) is -1.40. The number of benzene rings is 1. The molecular weight excluding hydrogens is 491 g/mol. The fourth-order valence-electron chi connectivity index (χ4n) is 6.12. The number of hydrogen-bond donors (Lipinski definition) is 3. The van der Waals surface area contributed by atoms with Crippen LogP contribution in [0.1, 0.15) is 25.7 Å². The number of halogens is 1. The fourth-order valence-corrected chi connectivity index (χ4v) is 7.16. The van der Waals surface area contributed by atoms with E-state index in [1.165, 1.54) is 11.3 Å². The summed E-state index contributed by atoms with van der Waals surface area (Å²) in [6.45, 7) is 0. The first-order chi connectivity index (χ1) is 18.1. The van der Waals surface area contributed by atoms with Crippen molar-refractivity contribution in [2.24, 2.45) is 17.8 Å². The lowest BCUT2D eigenvalue weighted by atomic mass is 9.61. The Morgan fingerprint density at radius 2 is 1.86 bits per heavy atom. The number of aromatic nitrogens is 5. The number of anilines is 1. The highest BCUT2D eigenvalue weighted by molar-refractivity contribution is 7.22. The van der Waals surface area contributed by atoms with Gasteiger partial charge in [0.15, 0.2) is 23.1 Å². The smallest absolute Gasteiger partial charge is 0.308 e.